The van der Waals surface area contributed by atoms with Crippen molar-refractivity contribution in [3.8, 4) is 11.1 Å². The Morgan fingerprint density at radius 3 is 2.10 bits per heavy atom. The number of fused-ring (bicyclic) bond motifs is 3. The number of aliphatic imine (C=N–C) groups is 1. The minimum atomic E-state index is -0.393. The number of hydrogen-bond donors (Lipinski definition) is 1. The average molecular weight is 375 g/mol. The molecule has 0 saturated carbocycles. The van der Waals surface area contributed by atoms with Crippen molar-refractivity contribution in [3.05, 3.63) is 109 Å². The summed E-state index contributed by atoms with van der Waals surface area (Å²) in [4.78, 5) is 4.63. The van der Waals surface area contributed by atoms with Gasteiger partial charge in [-0.2, -0.15) is 0 Å². The van der Waals surface area contributed by atoms with Crippen molar-refractivity contribution in [1.29, 1.82) is 0 Å². The molecule has 3 heteroatoms. The second-order valence-electron chi connectivity index (χ2n) is 7.11. The number of nitrogens with zero attached hydrogens (tertiary/aromatic N) is 2. The molecule has 5 aromatic rings. The minimum absolute atomic E-state index is 0.393. The molecule has 0 aliphatic heterocycles. The Balaban J connectivity index is 1.64. The third kappa shape index (κ3) is 3.22. The van der Waals surface area contributed by atoms with E-state index in [0.717, 1.165) is 16.6 Å². The van der Waals surface area contributed by atoms with Crippen LogP contribution in [0, 0.1) is 0 Å². The Morgan fingerprint density at radius 2 is 1.31 bits per heavy atom. The molecule has 0 radical (unpaired) electrons. The fourth-order valence-electron chi connectivity index (χ4n) is 3.81. The Kier molecular flexibility index (Phi) is 4.43. The molecular formula is C26H21N3. The minimum Gasteiger partial charge on any atom is -0.306 e. The van der Waals surface area contributed by atoms with Crippen LogP contribution in [0.25, 0.3) is 32.9 Å². The molecular weight excluding hydrogens is 354 g/mol. The SMILES string of the molecule is NC(N=Cn1c2ccccc2c2cc(-c3ccccc3)ccc21)c1ccccc1. The van der Waals surface area contributed by atoms with Crippen LogP contribution >= 0.6 is 0 Å². The van der Waals surface area contributed by atoms with Gasteiger partial charge in [-0.3, -0.25) is 4.99 Å². The first-order chi connectivity index (χ1) is 14.3. The highest BCUT2D eigenvalue weighted by Gasteiger charge is 2.11. The highest BCUT2D eigenvalue weighted by atomic mass is 15.1. The fraction of sp³-hybridized carbons (Fsp3) is 0.0385. The molecule has 0 spiro atoms. The molecule has 4 aromatic carbocycles. The molecule has 29 heavy (non-hydrogen) atoms. The molecule has 1 atom stereocenters. The summed E-state index contributed by atoms with van der Waals surface area (Å²) in [7, 11) is 0. The Labute approximate surface area is 169 Å². The lowest BCUT2D eigenvalue weighted by atomic mass is 10.0. The topological polar surface area (TPSA) is 43.3 Å². The van der Waals surface area contributed by atoms with Gasteiger partial charge in [0.1, 0.15) is 6.17 Å². The van der Waals surface area contributed by atoms with Crippen molar-refractivity contribution in [2.45, 2.75) is 6.17 Å². The van der Waals surface area contributed by atoms with Crippen LogP contribution in [0.5, 0.6) is 0 Å². The maximum Gasteiger partial charge on any atom is 0.124 e. The lowest BCUT2D eigenvalue weighted by molar-refractivity contribution is 0.776. The number of para-hydroxylation sites is 1. The van der Waals surface area contributed by atoms with E-state index in [0.29, 0.717) is 0 Å². The van der Waals surface area contributed by atoms with Crippen LogP contribution in [0.2, 0.25) is 0 Å². The Bertz CT molecular complexity index is 1300. The third-order valence-corrected chi connectivity index (χ3v) is 5.30. The highest BCUT2D eigenvalue weighted by Crippen LogP contribution is 2.32. The molecule has 0 aliphatic rings. The van der Waals surface area contributed by atoms with Gasteiger partial charge in [0.2, 0.25) is 0 Å². The van der Waals surface area contributed by atoms with E-state index in [-0.39, 0.29) is 0 Å². The number of rotatable bonds is 4. The molecule has 5 rings (SSSR count). The molecule has 2 N–H and O–H groups in total. The average Bonchev–Trinajstić information content (AvgIpc) is 3.11. The molecule has 1 heterocycles. The molecule has 0 saturated heterocycles. The van der Waals surface area contributed by atoms with E-state index < -0.39 is 6.17 Å². The monoisotopic (exact) mass is 375 g/mol. The Hall–Kier alpha value is -3.69. The van der Waals surface area contributed by atoms with Gasteiger partial charge in [-0.05, 0) is 34.9 Å². The van der Waals surface area contributed by atoms with Gasteiger partial charge in [0.15, 0.2) is 0 Å². The summed E-state index contributed by atoms with van der Waals surface area (Å²) in [6.07, 6.45) is 1.46. The van der Waals surface area contributed by atoms with E-state index in [1.807, 2.05) is 42.7 Å². The summed E-state index contributed by atoms with van der Waals surface area (Å²) in [6, 6.07) is 35.4. The van der Waals surface area contributed by atoms with E-state index in [2.05, 4.69) is 76.3 Å². The van der Waals surface area contributed by atoms with Crippen LogP contribution in [0.15, 0.2) is 108 Å². The van der Waals surface area contributed by atoms with Crippen molar-refractivity contribution in [3.63, 3.8) is 0 Å². The van der Waals surface area contributed by atoms with Crippen LogP contribution in [-0.2, 0) is 0 Å². The summed E-state index contributed by atoms with van der Waals surface area (Å²) in [5, 5.41) is 2.42. The number of hydrogen-bond acceptors (Lipinski definition) is 2. The summed E-state index contributed by atoms with van der Waals surface area (Å²) < 4.78 is 2.13. The van der Waals surface area contributed by atoms with Gasteiger partial charge in [0, 0.05) is 10.8 Å². The van der Waals surface area contributed by atoms with E-state index >= 15 is 0 Å². The summed E-state index contributed by atoms with van der Waals surface area (Å²) in [6.45, 7) is 0. The molecule has 0 amide bonds. The van der Waals surface area contributed by atoms with Crippen LogP contribution in [0.1, 0.15) is 11.7 Å². The third-order valence-electron chi connectivity index (χ3n) is 5.30. The van der Waals surface area contributed by atoms with E-state index in [9.17, 15) is 0 Å². The van der Waals surface area contributed by atoms with Crippen LogP contribution in [-0.4, -0.2) is 10.9 Å². The van der Waals surface area contributed by atoms with Gasteiger partial charge in [-0.25, -0.2) is 0 Å². The van der Waals surface area contributed by atoms with Gasteiger partial charge in [-0.15, -0.1) is 0 Å². The maximum absolute atomic E-state index is 6.29. The van der Waals surface area contributed by atoms with Gasteiger partial charge < -0.3 is 10.3 Å². The number of nitrogens with two attached hydrogens (primary N) is 1. The lowest BCUT2D eigenvalue weighted by Gasteiger charge is -2.07. The van der Waals surface area contributed by atoms with Gasteiger partial charge in [0.25, 0.3) is 0 Å². The van der Waals surface area contributed by atoms with Crippen molar-refractivity contribution in [2.75, 3.05) is 0 Å². The first-order valence-corrected chi connectivity index (χ1v) is 9.73. The molecule has 0 fully saturated rings. The summed E-state index contributed by atoms with van der Waals surface area (Å²) >= 11 is 0. The van der Waals surface area contributed by atoms with Crippen LogP contribution in [0.4, 0.5) is 0 Å². The highest BCUT2D eigenvalue weighted by molar-refractivity contribution is 6.12. The number of benzene rings is 4. The van der Waals surface area contributed by atoms with E-state index in [4.69, 9.17) is 5.73 Å². The zero-order chi connectivity index (χ0) is 19.6. The molecule has 1 unspecified atom stereocenters. The molecule has 1 aromatic heterocycles. The summed E-state index contributed by atoms with van der Waals surface area (Å²) in [5.74, 6) is 0. The quantitative estimate of drug-likeness (QED) is 0.304. The molecule has 0 bridgehead atoms. The molecule has 140 valence electrons. The second kappa shape index (κ2) is 7.38. The van der Waals surface area contributed by atoms with Crippen molar-refractivity contribution in [2.24, 2.45) is 10.7 Å². The number of aromatic nitrogens is 1. The van der Waals surface area contributed by atoms with Crippen molar-refractivity contribution in [1.82, 2.24) is 4.57 Å². The largest absolute Gasteiger partial charge is 0.306 e. The normalized spacial score (nSPS) is 12.7. The smallest absolute Gasteiger partial charge is 0.124 e. The zero-order valence-electron chi connectivity index (χ0n) is 15.9. The molecule has 3 nitrogen and oxygen atoms in total. The van der Waals surface area contributed by atoms with Crippen molar-refractivity contribution < 1.29 is 0 Å². The lowest BCUT2D eigenvalue weighted by Crippen LogP contribution is -2.09. The van der Waals surface area contributed by atoms with Gasteiger partial charge in [-0.1, -0.05) is 84.9 Å². The van der Waals surface area contributed by atoms with Crippen LogP contribution < -0.4 is 5.73 Å². The van der Waals surface area contributed by atoms with E-state index in [1.54, 1.807) is 0 Å². The predicted molar refractivity (Wildman–Crippen MR) is 122 cm³/mol. The fourth-order valence-corrected chi connectivity index (χ4v) is 3.81. The second-order valence-corrected chi connectivity index (χ2v) is 7.11. The van der Waals surface area contributed by atoms with E-state index in [1.165, 1.54) is 21.9 Å². The first kappa shape index (κ1) is 17.4. The summed E-state index contributed by atoms with van der Waals surface area (Å²) in [5.41, 5.74) is 11.9. The van der Waals surface area contributed by atoms with Gasteiger partial charge >= 0.3 is 0 Å². The predicted octanol–water partition coefficient (Wildman–Crippen LogP) is 6.00. The Morgan fingerprint density at radius 1 is 0.655 bits per heavy atom. The van der Waals surface area contributed by atoms with Crippen molar-refractivity contribution >= 4 is 28.1 Å². The molecule has 0 aliphatic carbocycles. The van der Waals surface area contributed by atoms with Gasteiger partial charge in [0.05, 0.1) is 17.4 Å². The standard InChI is InChI=1S/C26H21N3/c27-26(20-11-5-2-6-12-20)28-18-29-24-14-8-7-13-22(24)23-17-21(15-16-25(23)29)19-9-3-1-4-10-19/h1-18,26H,27H2. The zero-order valence-corrected chi connectivity index (χ0v) is 15.9. The maximum atomic E-state index is 6.29. The van der Waals surface area contributed by atoms with Crippen LogP contribution in [0.3, 0.4) is 0 Å². The first-order valence-electron chi connectivity index (χ1n) is 9.73.